The molecule has 0 bridgehead atoms. The van der Waals surface area contributed by atoms with Crippen molar-refractivity contribution in [2.75, 3.05) is 0 Å². The van der Waals surface area contributed by atoms with E-state index in [1.807, 2.05) is 0 Å². The average molecular weight is 599 g/mol. The summed E-state index contributed by atoms with van der Waals surface area (Å²) in [6.07, 6.45) is 0. The van der Waals surface area contributed by atoms with Gasteiger partial charge in [-0.3, -0.25) is 0 Å². The van der Waals surface area contributed by atoms with Crippen molar-refractivity contribution >= 4 is 61.4 Å². The van der Waals surface area contributed by atoms with Crippen LogP contribution in [0.5, 0.6) is 0 Å². The van der Waals surface area contributed by atoms with Crippen molar-refractivity contribution < 1.29 is 0 Å². The zero-order valence-corrected chi connectivity index (χ0v) is 26.4. The third kappa shape index (κ3) is 3.74. The highest BCUT2D eigenvalue weighted by Crippen LogP contribution is 2.39. The highest BCUT2D eigenvalue weighted by molar-refractivity contribution is 6.88. The van der Waals surface area contributed by atoms with Gasteiger partial charge in [0, 0.05) is 38.3 Å². The smallest absolute Gasteiger partial charge is 0.332 e. The molecule has 3 heterocycles. The van der Waals surface area contributed by atoms with E-state index in [4.69, 9.17) is 0 Å². The molecule has 0 N–H and O–H groups in total. The van der Waals surface area contributed by atoms with Crippen LogP contribution < -0.4 is 10.9 Å². The molecule has 7 aromatic carbocycles. The fourth-order valence-electron chi connectivity index (χ4n) is 8.23. The van der Waals surface area contributed by atoms with Gasteiger partial charge in [0.05, 0.1) is 11.0 Å². The largest absolute Gasteiger partial charge is 0.376 e. The molecule has 0 unspecified atom stereocenters. The summed E-state index contributed by atoms with van der Waals surface area (Å²) in [5.74, 6) is 0. The third-order valence-electron chi connectivity index (χ3n) is 10.4. The van der Waals surface area contributed by atoms with Crippen molar-refractivity contribution in [3.05, 3.63) is 163 Å². The molecule has 3 heteroatoms. The van der Waals surface area contributed by atoms with Gasteiger partial charge >= 0.3 is 6.85 Å². The molecule has 1 aliphatic heterocycles. The predicted molar refractivity (Wildman–Crippen MR) is 201 cm³/mol. The van der Waals surface area contributed by atoms with Gasteiger partial charge in [-0.2, -0.15) is 0 Å². The minimum atomic E-state index is -0.00939. The van der Waals surface area contributed by atoms with Crippen LogP contribution in [0.4, 0.5) is 0 Å². The minimum absolute atomic E-state index is 0.00939. The summed E-state index contributed by atoms with van der Waals surface area (Å²) in [4.78, 5) is 0. The minimum Gasteiger partial charge on any atom is -0.376 e. The van der Waals surface area contributed by atoms with Gasteiger partial charge in [0.15, 0.2) is 0 Å². The standard InChI is InChI=1S/C44H31BN2/c1-28-17-21-36-37-22-18-29(2)43-44(37)46(40(36)25-28)39-16-10-9-15-38(39)45(43)47-41-26-32(30-11-5-3-6-12-30)19-23-34(41)35-24-20-33(27-42(35)47)31-13-7-4-8-14-31/h3-27H,1-2H3. The molecule has 220 valence electrons. The van der Waals surface area contributed by atoms with Gasteiger partial charge in [0.25, 0.3) is 0 Å². The van der Waals surface area contributed by atoms with E-state index in [1.165, 1.54) is 93.6 Å². The molecule has 0 fully saturated rings. The Morgan fingerprint density at radius 2 is 1.00 bits per heavy atom. The molecule has 10 rings (SSSR count). The molecular formula is C44H31BN2. The van der Waals surface area contributed by atoms with Crippen molar-refractivity contribution in [1.29, 1.82) is 0 Å². The van der Waals surface area contributed by atoms with Crippen molar-refractivity contribution in [3.8, 4) is 27.9 Å². The molecule has 1 aliphatic rings. The highest BCUT2D eigenvalue weighted by Gasteiger charge is 2.37. The van der Waals surface area contributed by atoms with Gasteiger partial charge in [-0.1, -0.05) is 133 Å². The Morgan fingerprint density at radius 1 is 0.447 bits per heavy atom. The summed E-state index contributed by atoms with van der Waals surface area (Å²) in [5.41, 5.74) is 16.6. The number of hydrogen-bond acceptors (Lipinski definition) is 0. The number of nitrogens with zero attached hydrogens (tertiary/aromatic N) is 2. The first kappa shape index (κ1) is 26.4. The van der Waals surface area contributed by atoms with E-state index in [0.717, 1.165) is 0 Å². The lowest BCUT2D eigenvalue weighted by Gasteiger charge is -2.29. The van der Waals surface area contributed by atoms with E-state index >= 15 is 0 Å². The number of benzene rings is 7. The lowest BCUT2D eigenvalue weighted by atomic mass is 9.47. The lowest BCUT2D eigenvalue weighted by Crippen LogP contribution is -2.54. The Labute approximate surface area is 274 Å². The second kappa shape index (κ2) is 9.85. The fraction of sp³-hybridized carbons (Fsp3) is 0.0455. The van der Waals surface area contributed by atoms with Crippen LogP contribution >= 0.6 is 0 Å². The Bertz CT molecular complexity index is 2600. The van der Waals surface area contributed by atoms with Crippen molar-refractivity contribution in [3.63, 3.8) is 0 Å². The van der Waals surface area contributed by atoms with E-state index in [9.17, 15) is 0 Å². The first-order valence-electron chi connectivity index (χ1n) is 16.5. The predicted octanol–water partition coefficient (Wildman–Crippen LogP) is 9.81. The summed E-state index contributed by atoms with van der Waals surface area (Å²) in [6, 6.07) is 56.2. The average Bonchev–Trinajstić information content (AvgIpc) is 3.62. The van der Waals surface area contributed by atoms with E-state index in [1.54, 1.807) is 0 Å². The molecular weight excluding hydrogens is 567 g/mol. The summed E-state index contributed by atoms with van der Waals surface area (Å²) in [6.45, 7) is 4.48. The van der Waals surface area contributed by atoms with Crippen molar-refractivity contribution in [2.24, 2.45) is 0 Å². The molecule has 2 aromatic heterocycles. The molecule has 0 atom stereocenters. The van der Waals surface area contributed by atoms with E-state index in [2.05, 4.69) is 175 Å². The number of hydrogen-bond donors (Lipinski definition) is 0. The van der Waals surface area contributed by atoms with Crippen molar-refractivity contribution in [2.45, 2.75) is 13.8 Å². The van der Waals surface area contributed by atoms with Gasteiger partial charge in [-0.25, -0.2) is 0 Å². The summed E-state index contributed by atoms with van der Waals surface area (Å²) in [7, 11) is 0. The number of aromatic nitrogens is 2. The van der Waals surface area contributed by atoms with Crippen LogP contribution in [-0.2, 0) is 0 Å². The zero-order chi connectivity index (χ0) is 31.2. The SMILES string of the molecule is Cc1ccc2c3ccc(C)c4c3n(c2c1)-c1ccccc1B4n1c2cc(-c3ccccc3)ccc2c2ccc(-c3ccccc3)cc21. The summed E-state index contributed by atoms with van der Waals surface area (Å²) in [5, 5.41) is 5.18. The molecule has 47 heavy (non-hydrogen) atoms. The zero-order valence-electron chi connectivity index (χ0n) is 26.4. The third-order valence-corrected chi connectivity index (χ3v) is 10.4. The summed E-state index contributed by atoms with van der Waals surface area (Å²) < 4.78 is 5.18. The highest BCUT2D eigenvalue weighted by atomic mass is 15.0. The molecule has 0 radical (unpaired) electrons. The van der Waals surface area contributed by atoms with Crippen molar-refractivity contribution in [1.82, 2.24) is 9.05 Å². The van der Waals surface area contributed by atoms with E-state index < -0.39 is 0 Å². The number of aryl methyl sites for hydroxylation is 2. The quantitative estimate of drug-likeness (QED) is 0.179. The fourth-order valence-corrected chi connectivity index (χ4v) is 8.23. The molecule has 0 spiro atoms. The second-order valence-corrected chi connectivity index (χ2v) is 13.1. The topological polar surface area (TPSA) is 9.86 Å². The van der Waals surface area contributed by atoms with Gasteiger partial charge in [-0.15, -0.1) is 0 Å². The van der Waals surface area contributed by atoms with Crippen LogP contribution in [0.25, 0.3) is 71.6 Å². The Kier molecular flexibility index (Phi) is 5.54. The van der Waals surface area contributed by atoms with Crippen LogP contribution in [0.1, 0.15) is 11.1 Å². The number of fused-ring (bicyclic) bond motifs is 8. The normalized spacial score (nSPS) is 12.4. The number of para-hydroxylation sites is 1. The monoisotopic (exact) mass is 598 g/mol. The summed E-state index contributed by atoms with van der Waals surface area (Å²) >= 11 is 0. The Morgan fingerprint density at radius 3 is 1.66 bits per heavy atom. The van der Waals surface area contributed by atoms with Crippen LogP contribution in [0.2, 0.25) is 0 Å². The molecule has 9 aromatic rings. The maximum atomic E-state index is 2.65. The molecule has 0 saturated heterocycles. The van der Waals surface area contributed by atoms with Crippen LogP contribution in [0.15, 0.2) is 152 Å². The lowest BCUT2D eigenvalue weighted by molar-refractivity contribution is 1.17. The molecule has 0 aliphatic carbocycles. The van der Waals surface area contributed by atoms with E-state index in [0.29, 0.717) is 0 Å². The second-order valence-electron chi connectivity index (χ2n) is 13.1. The number of rotatable bonds is 3. The van der Waals surface area contributed by atoms with Crippen LogP contribution in [-0.4, -0.2) is 15.9 Å². The Hall–Kier alpha value is -5.80. The van der Waals surface area contributed by atoms with Crippen LogP contribution in [0.3, 0.4) is 0 Å². The van der Waals surface area contributed by atoms with Gasteiger partial charge in [0.1, 0.15) is 0 Å². The maximum Gasteiger partial charge on any atom is 0.332 e. The molecule has 2 nitrogen and oxygen atoms in total. The maximum absolute atomic E-state index is 2.65. The van der Waals surface area contributed by atoms with Gasteiger partial charge < -0.3 is 9.05 Å². The first-order chi connectivity index (χ1) is 23.2. The van der Waals surface area contributed by atoms with Gasteiger partial charge in [-0.05, 0) is 76.9 Å². The molecule has 0 amide bonds. The first-order valence-corrected chi connectivity index (χ1v) is 16.5. The van der Waals surface area contributed by atoms with Crippen LogP contribution in [0, 0.1) is 13.8 Å². The van der Waals surface area contributed by atoms with E-state index in [-0.39, 0.29) is 6.85 Å². The molecule has 0 saturated carbocycles. The Balaban J connectivity index is 1.38. The van der Waals surface area contributed by atoms with Gasteiger partial charge in [0.2, 0.25) is 0 Å².